The van der Waals surface area contributed by atoms with Crippen molar-refractivity contribution in [3.8, 4) is 22.4 Å². The standard InChI is InChI=1S/C35H26FN5O3/c1-20-14-29-37-17-23-16-28(22-6-5-7-25(36)15-22)30(38-31(23)41(29)39-20)21-10-12-24(13-11-21)35(18-34(2,44)19-35)40-32(42)26-8-3-4-9-27(26)33(40)43/h3-17,44H,18-19H2,1-2H3/t34-,35-. The zero-order valence-electron chi connectivity index (χ0n) is 24.0. The molecule has 1 N–H and O–H groups in total. The van der Waals surface area contributed by atoms with E-state index in [0.29, 0.717) is 33.7 Å². The Morgan fingerprint density at radius 2 is 1.55 bits per heavy atom. The van der Waals surface area contributed by atoms with Gasteiger partial charge in [0, 0.05) is 41.6 Å². The molecule has 3 aromatic heterocycles. The highest BCUT2D eigenvalue weighted by atomic mass is 19.1. The lowest BCUT2D eigenvalue weighted by Crippen LogP contribution is -2.63. The highest BCUT2D eigenvalue weighted by Crippen LogP contribution is 2.54. The number of hydrogen-bond donors (Lipinski definition) is 1. The average molecular weight is 584 g/mol. The van der Waals surface area contributed by atoms with Crippen molar-refractivity contribution in [2.75, 3.05) is 0 Å². The summed E-state index contributed by atoms with van der Waals surface area (Å²) in [7, 11) is 0. The summed E-state index contributed by atoms with van der Waals surface area (Å²) < 4.78 is 16.1. The van der Waals surface area contributed by atoms with E-state index in [9.17, 15) is 19.1 Å². The molecule has 0 spiro atoms. The second-order valence-electron chi connectivity index (χ2n) is 12.1. The Balaban J connectivity index is 1.28. The summed E-state index contributed by atoms with van der Waals surface area (Å²) in [6.45, 7) is 3.61. The predicted molar refractivity (Wildman–Crippen MR) is 162 cm³/mol. The van der Waals surface area contributed by atoms with Gasteiger partial charge in [0.2, 0.25) is 0 Å². The Morgan fingerprint density at radius 1 is 0.841 bits per heavy atom. The minimum Gasteiger partial charge on any atom is -0.390 e. The molecule has 8 rings (SSSR count). The minimum atomic E-state index is -1.03. The fraction of sp³-hybridized carbons (Fsp3) is 0.171. The van der Waals surface area contributed by atoms with E-state index in [1.807, 2.05) is 49.4 Å². The van der Waals surface area contributed by atoms with E-state index in [1.165, 1.54) is 17.0 Å². The van der Waals surface area contributed by atoms with Gasteiger partial charge in [0.05, 0.1) is 33.7 Å². The van der Waals surface area contributed by atoms with Crippen LogP contribution in [0, 0.1) is 12.7 Å². The number of fused-ring (bicyclic) bond motifs is 4. The maximum atomic E-state index is 14.4. The summed E-state index contributed by atoms with van der Waals surface area (Å²) in [5.41, 5.74) is 4.29. The molecule has 8 nitrogen and oxygen atoms in total. The second-order valence-corrected chi connectivity index (χ2v) is 12.1. The van der Waals surface area contributed by atoms with Crippen LogP contribution in [0.25, 0.3) is 39.1 Å². The Hall–Kier alpha value is -5.28. The smallest absolute Gasteiger partial charge is 0.262 e. The molecule has 2 aliphatic rings. The summed E-state index contributed by atoms with van der Waals surface area (Å²) >= 11 is 0. The van der Waals surface area contributed by atoms with Crippen molar-refractivity contribution < 1.29 is 19.1 Å². The third-order valence-electron chi connectivity index (χ3n) is 8.78. The van der Waals surface area contributed by atoms with Gasteiger partial charge in [-0.25, -0.2) is 14.4 Å². The van der Waals surface area contributed by atoms with Crippen molar-refractivity contribution >= 4 is 28.5 Å². The molecular weight excluding hydrogens is 557 g/mol. The molecule has 1 saturated carbocycles. The van der Waals surface area contributed by atoms with Crippen LogP contribution in [-0.2, 0) is 5.54 Å². The number of carbonyl (C=O) groups excluding carboxylic acids is 2. The van der Waals surface area contributed by atoms with Crippen LogP contribution < -0.4 is 0 Å². The molecule has 0 atom stereocenters. The number of halogens is 1. The highest BCUT2D eigenvalue weighted by Gasteiger charge is 2.60. The molecule has 0 radical (unpaired) electrons. The SMILES string of the molecule is Cc1cc2ncc3cc(-c4cccc(F)c4)c(-c4ccc([C@]5(N6C(=O)c7ccccc7C6=O)C[C@](C)(O)C5)cc4)nc3n2n1. The molecule has 4 heterocycles. The highest BCUT2D eigenvalue weighted by molar-refractivity contribution is 6.22. The van der Waals surface area contributed by atoms with Gasteiger partial charge in [-0.3, -0.25) is 14.5 Å². The van der Waals surface area contributed by atoms with E-state index in [2.05, 4.69) is 10.1 Å². The molecule has 3 aromatic carbocycles. The van der Waals surface area contributed by atoms with Crippen LogP contribution in [-0.4, -0.2) is 47.0 Å². The number of nitrogens with zero attached hydrogens (tertiary/aromatic N) is 5. The van der Waals surface area contributed by atoms with Crippen LogP contribution in [0.3, 0.4) is 0 Å². The molecule has 1 aliphatic heterocycles. The third-order valence-corrected chi connectivity index (χ3v) is 8.78. The maximum absolute atomic E-state index is 14.4. The predicted octanol–water partition coefficient (Wildman–Crippen LogP) is 6.10. The van der Waals surface area contributed by atoms with Gasteiger partial charge < -0.3 is 5.11 Å². The van der Waals surface area contributed by atoms with Gasteiger partial charge >= 0.3 is 0 Å². The number of aliphatic hydroxyl groups is 1. The Morgan fingerprint density at radius 3 is 2.20 bits per heavy atom. The fourth-order valence-electron chi connectivity index (χ4n) is 6.97. The van der Waals surface area contributed by atoms with E-state index in [0.717, 1.165) is 27.8 Å². The number of amides is 2. The third kappa shape index (κ3) is 3.82. The molecule has 0 unspecified atom stereocenters. The molecule has 0 saturated heterocycles. The fourth-order valence-corrected chi connectivity index (χ4v) is 6.97. The van der Waals surface area contributed by atoms with E-state index in [4.69, 9.17) is 4.98 Å². The van der Waals surface area contributed by atoms with Gasteiger partial charge in [-0.15, -0.1) is 0 Å². The quantitative estimate of drug-likeness (QED) is 0.252. The van der Waals surface area contributed by atoms with E-state index in [-0.39, 0.29) is 30.5 Å². The number of benzene rings is 3. The normalized spacial score (nSPS) is 21.2. The van der Waals surface area contributed by atoms with Gasteiger partial charge in [-0.1, -0.05) is 48.5 Å². The Bertz CT molecular complexity index is 2140. The molecule has 1 aliphatic carbocycles. The Labute approximate surface area is 251 Å². The van der Waals surface area contributed by atoms with Gasteiger partial charge in [-0.2, -0.15) is 9.61 Å². The first-order chi connectivity index (χ1) is 21.1. The van der Waals surface area contributed by atoms with Crippen molar-refractivity contribution in [3.05, 3.63) is 119 Å². The Kier molecular flexibility index (Phi) is 5.46. The molecular formula is C35H26FN5O3. The number of imide groups is 1. The molecule has 1 fully saturated rings. The molecule has 2 amide bonds. The van der Waals surface area contributed by atoms with Crippen molar-refractivity contribution in [3.63, 3.8) is 0 Å². The largest absolute Gasteiger partial charge is 0.390 e. The monoisotopic (exact) mass is 583 g/mol. The second kappa shape index (κ2) is 9.11. The first kappa shape index (κ1) is 26.4. The van der Waals surface area contributed by atoms with Crippen molar-refractivity contribution in [1.82, 2.24) is 24.5 Å². The van der Waals surface area contributed by atoms with Crippen molar-refractivity contribution in [1.29, 1.82) is 0 Å². The molecule has 6 aromatic rings. The lowest BCUT2D eigenvalue weighted by Gasteiger charge is -2.55. The average Bonchev–Trinajstić information content (AvgIpc) is 3.51. The van der Waals surface area contributed by atoms with Gasteiger partial charge in [0.25, 0.3) is 11.8 Å². The first-order valence-corrected chi connectivity index (χ1v) is 14.4. The van der Waals surface area contributed by atoms with Gasteiger partial charge in [0.15, 0.2) is 11.3 Å². The lowest BCUT2D eigenvalue weighted by molar-refractivity contribution is -0.118. The van der Waals surface area contributed by atoms with E-state index in [1.54, 1.807) is 48.0 Å². The summed E-state index contributed by atoms with van der Waals surface area (Å²) in [6.07, 6.45) is 2.18. The zero-order chi connectivity index (χ0) is 30.4. The number of rotatable bonds is 4. The topological polar surface area (TPSA) is 101 Å². The van der Waals surface area contributed by atoms with E-state index >= 15 is 0 Å². The van der Waals surface area contributed by atoms with Crippen LogP contribution in [0.1, 0.15) is 51.7 Å². The first-order valence-electron chi connectivity index (χ1n) is 14.4. The number of pyridine rings is 1. The molecule has 0 bridgehead atoms. The van der Waals surface area contributed by atoms with Crippen LogP contribution in [0.2, 0.25) is 0 Å². The van der Waals surface area contributed by atoms with Crippen molar-refractivity contribution in [2.24, 2.45) is 0 Å². The molecule has 44 heavy (non-hydrogen) atoms. The lowest BCUT2D eigenvalue weighted by atomic mass is 9.61. The number of hydrogen-bond acceptors (Lipinski definition) is 6. The summed E-state index contributed by atoms with van der Waals surface area (Å²) in [4.78, 5) is 38.0. The number of carbonyl (C=O) groups is 2. The molecule has 9 heteroatoms. The van der Waals surface area contributed by atoms with E-state index < -0.39 is 11.1 Å². The van der Waals surface area contributed by atoms with Crippen LogP contribution in [0.4, 0.5) is 4.39 Å². The number of aromatic nitrogens is 4. The molecule has 216 valence electrons. The maximum Gasteiger partial charge on any atom is 0.262 e. The van der Waals surface area contributed by atoms with Crippen LogP contribution >= 0.6 is 0 Å². The van der Waals surface area contributed by atoms with Crippen LogP contribution in [0.15, 0.2) is 91.1 Å². The summed E-state index contributed by atoms with van der Waals surface area (Å²) in [6, 6.07) is 24.6. The van der Waals surface area contributed by atoms with Crippen molar-refractivity contribution in [2.45, 2.75) is 37.8 Å². The van der Waals surface area contributed by atoms with Gasteiger partial charge in [-0.05, 0) is 55.3 Å². The minimum absolute atomic E-state index is 0.219. The van der Waals surface area contributed by atoms with Crippen LogP contribution in [0.5, 0.6) is 0 Å². The van der Waals surface area contributed by atoms with Gasteiger partial charge in [0.1, 0.15) is 5.82 Å². The number of aryl methyl sites for hydroxylation is 1. The summed E-state index contributed by atoms with van der Waals surface area (Å²) in [5.74, 6) is -1.08. The summed E-state index contributed by atoms with van der Waals surface area (Å²) in [5, 5.41) is 16.2. The zero-order valence-corrected chi connectivity index (χ0v) is 24.0.